The standard InChI is InChI=1S/C29H27F2NO5/c30-29(31)15-22(16-29)37-26(20-10-5-2-6-11-20)27(33)32-17-21-12-7-13-25(23(21)14-24(32)28(34)35)36-18-19-8-3-1-4-9-19/h1-13,22,24,26H,14-18H2,(H,34,35)/t24-,26+/m0/s1. The molecule has 0 aromatic heterocycles. The molecule has 1 fully saturated rings. The Morgan fingerprint density at radius 3 is 2.30 bits per heavy atom. The number of ether oxygens (including phenoxy) is 2. The third-order valence-electron chi connectivity index (χ3n) is 6.86. The minimum absolute atomic E-state index is 0.0428. The molecule has 2 atom stereocenters. The number of fused-ring (bicyclic) bond motifs is 1. The lowest BCUT2D eigenvalue weighted by molar-refractivity contribution is -0.193. The molecule has 1 heterocycles. The van der Waals surface area contributed by atoms with Gasteiger partial charge >= 0.3 is 5.97 Å². The molecule has 1 aliphatic carbocycles. The van der Waals surface area contributed by atoms with Crippen LogP contribution in [0, 0.1) is 0 Å². The number of carboxylic acid groups (broad SMARTS) is 1. The fraction of sp³-hybridized carbons (Fsp3) is 0.310. The summed E-state index contributed by atoms with van der Waals surface area (Å²) < 4.78 is 38.8. The first-order valence-electron chi connectivity index (χ1n) is 12.2. The van der Waals surface area contributed by atoms with E-state index in [0.29, 0.717) is 17.9 Å². The number of carbonyl (C=O) groups excluding carboxylic acids is 1. The first-order valence-corrected chi connectivity index (χ1v) is 12.2. The molecule has 1 N–H and O–H groups in total. The van der Waals surface area contributed by atoms with Crippen LogP contribution in [0.2, 0.25) is 0 Å². The summed E-state index contributed by atoms with van der Waals surface area (Å²) in [4.78, 5) is 27.4. The van der Waals surface area contributed by atoms with Gasteiger partial charge in [-0.05, 0) is 22.8 Å². The molecule has 3 aromatic carbocycles. The van der Waals surface area contributed by atoms with Crippen LogP contribution in [0.4, 0.5) is 8.78 Å². The third-order valence-corrected chi connectivity index (χ3v) is 6.86. The van der Waals surface area contributed by atoms with Gasteiger partial charge in [0, 0.05) is 31.4 Å². The average Bonchev–Trinajstić information content (AvgIpc) is 2.89. The fourth-order valence-electron chi connectivity index (χ4n) is 4.86. The number of alkyl halides is 2. The van der Waals surface area contributed by atoms with Crippen LogP contribution in [-0.2, 0) is 33.9 Å². The molecule has 0 radical (unpaired) electrons. The first kappa shape index (κ1) is 24.9. The molecule has 192 valence electrons. The zero-order chi connectivity index (χ0) is 26.0. The summed E-state index contributed by atoms with van der Waals surface area (Å²) in [5.41, 5.74) is 2.99. The predicted octanol–water partition coefficient (Wildman–Crippen LogP) is 5.16. The number of hydrogen-bond acceptors (Lipinski definition) is 4. The maximum absolute atomic E-state index is 13.8. The lowest BCUT2D eigenvalue weighted by Crippen LogP contribution is -2.51. The number of carbonyl (C=O) groups is 2. The summed E-state index contributed by atoms with van der Waals surface area (Å²) in [7, 11) is 0. The molecule has 8 heteroatoms. The second-order valence-corrected chi connectivity index (χ2v) is 9.51. The third kappa shape index (κ3) is 5.49. The van der Waals surface area contributed by atoms with E-state index in [4.69, 9.17) is 9.47 Å². The zero-order valence-electron chi connectivity index (χ0n) is 20.1. The SMILES string of the molecule is O=C(O)[C@@H]1Cc2c(cccc2OCc2ccccc2)CN1C(=O)[C@H](OC1CC(F)(F)C1)c1ccccc1. The Hall–Kier alpha value is -3.78. The highest BCUT2D eigenvalue weighted by molar-refractivity contribution is 5.88. The van der Waals surface area contributed by atoms with Gasteiger partial charge in [-0.2, -0.15) is 0 Å². The molecule has 37 heavy (non-hydrogen) atoms. The highest BCUT2D eigenvalue weighted by Gasteiger charge is 2.48. The highest BCUT2D eigenvalue weighted by Crippen LogP contribution is 2.42. The van der Waals surface area contributed by atoms with E-state index in [1.807, 2.05) is 42.5 Å². The van der Waals surface area contributed by atoms with Crippen molar-refractivity contribution in [1.82, 2.24) is 4.90 Å². The van der Waals surface area contributed by atoms with E-state index in [2.05, 4.69) is 0 Å². The average molecular weight is 508 g/mol. The molecule has 1 saturated carbocycles. The van der Waals surface area contributed by atoms with Crippen LogP contribution in [0.5, 0.6) is 5.75 Å². The van der Waals surface area contributed by atoms with E-state index in [-0.39, 0.29) is 13.0 Å². The Labute approximate surface area is 213 Å². The van der Waals surface area contributed by atoms with Crippen molar-refractivity contribution in [3.05, 3.63) is 101 Å². The van der Waals surface area contributed by atoms with Crippen molar-refractivity contribution in [2.45, 2.75) is 56.6 Å². The van der Waals surface area contributed by atoms with Crippen molar-refractivity contribution < 1.29 is 33.0 Å². The first-order chi connectivity index (χ1) is 17.8. The Morgan fingerprint density at radius 2 is 1.65 bits per heavy atom. The molecule has 0 spiro atoms. The van der Waals surface area contributed by atoms with Crippen molar-refractivity contribution in [3.63, 3.8) is 0 Å². The van der Waals surface area contributed by atoms with Gasteiger partial charge in [-0.25, -0.2) is 13.6 Å². The van der Waals surface area contributed by atoms with Gasteiger partial charge in [0.1, 0.15) is 18.4 Å². The lowest BCUT2D eigenvalue weighted by Gasteiger charge is -2.40. The summed E-state index contributed by atoms with van der Waals surface area (Å²) >= 11 is 0. The number of carboxylic acids is 1. The fourth-order valence-corrected chi connectivity index (χ4v) is 4.86. The van der Waals surface area contributed by atoms with E-state index in [0.717, 1.165) is 16.7 Å². The molecular formula is C29H27F2NO5. The zero-order valence-corrected chi connectivity index (χ0v) is 20.1. The lowest BCUT2D eigenvalue weighted by atomic mass is 9.90. The molecule has 2 aliphatic rings. The van der Waals surface area contributed by atoms with Gasteiger partial charge in [0.05, 0.1) is 6.10 Å². The van der Waals surface area contributed by atoms with Crippen LogP contribution in [0.1, 0.15) is 41.2 Å². The Bertz CT molecular complexity index is 1260. The minimum Gasteiger partial charge on any atom is -0.489 e. The summed E-state index contributed by atoms with van der Waals surface area (Å²) in [6, 6.07) is 22.5. The largest absolute Gasteiger partial charge is 0.489 e. The number of nitrogens with zero attached hydrogens (tertiary/aromatic N) is 1. The summed E-state index contributed by atoms with van der Waals surface area (Å²) in [5.74, 6) is -3.94. The van der Waals surface area contributed by atoms with Crippen molar-refractivity contribution in [2.75, 3.05) is 0 Å². The summed E-state index contributed by atoms with van der Waals surface area (Å²) in [6.07, 6.45) is -2.82. The number of amides is 1. The Morgan fingerprint density at radius 1 is 0.973 bits per heavy atom. The van der Waals surface area contributed by atoms with Crippen LogP contribution in [0.15, 0.2) is 78.9 Å². The number of halogens is 2. The van der Waals surface area contributed by atoms with Gasteiger partial charge in [-0.15, -0.1) is 0 Å². The maximum Gasteiger partial charge on any atom is 0.326 e. The number of rotatable bonds is 8. The molecule has 1 amide bonds. The summed E-state index contributed by atoms with van der Waals surface area (Å²) in [6.45, 7) is 0.370. The van der Waals surface area contributed by atoms with Crippen LogP contribution >= 0.6 is 0 Å². The number of benzene rings is 3. The smallest absolute Gasteiger partial charge is 0.326 e. The van der Waals surface area contributed by atoms with Gasteiger partial charge in [-0.3, -0.25) is 4.79 Å². The Kier molecular flexibility index (Phi) is 6.93. The molecule has 6 nitrogen and oxygen atoms in total. The van der Waals surface area contributed by atoms with Crippen molar-refractivity contribution in [3.8, 4) is 5.75 Å². The monoisotopic (exact) mass is 507 g/mol. The second-order valence-electron chi connectivity index (χ2n) is 9.51. The minimum atomic E-state index is -2.81. The van der Waals surface area contributed by atoms with Gasteiger partial charge in [0.15, 0.2) is 6.10 Å². The molecule has 1 aliphatic heterocycles. The topological polar surface area (TPSA) is 76.1 Å². The predicted molar refractivity (Wildman–Crippen MR) is 131 cm³/mol. The van der Waals surface area contributed by atoms with Crippen LogP contribution < -0.4 is 4.74 Å². The number of aliphatic carboxylic acids is 1. The maximum atomic E-state index is 13.8. The molecule has 0 bridgehead atoms. The van der Waals surface area contributed by atoms with Gasteiger partial charge < -0.3 is 19.5 Å². The summed E-state index contributed by atoms with van der Waals surface area (Å²) in [5, 5.41) is 10.1. The van der Waals surface area contributed by atoms with Crippen LogP contribution in [-0.4, -0.2) is 40.0 Å². The van der Waals surface area contributed by atoms with Crippen molar-refractivity contribution in [2.24, 2.45) is 0 Å². The molecule has 5 rings (SSSR count). The van der Waals surface area contributed by atoms with E-state index in [9.17, 15) is 23.5 Å². The second kappa shape index (κ2) is 10.3. The van der Waals surface area contributed by atoms with Crippen molar-refractivity contribution in [1.29, 1.82) is 0 Å². The molecule has 0 saturated heterocycles. The van der Waals surface area contributed by atoms with Crippen molar-refractivity contribution >= 4 is 11.9 Å². The van der Waals surface area contributed by atoms with Crippen LogP contribution in [0.3, 0.4) is 0 Å². The normalized spacial score (nSPS) is 19.4. The molecular weight excluding hydrogens is 480 g/mol. The molecule has 3 aromatic rings. The highest BCUT2D eigenvalue weighted by atomic mass is 19.3. The van der Waals surface area contributed by atoms with E-state index in [1.54, 1.807) is 36.4 Å². The number of hydrogen-bond donors (Lipinski definition) is 1. The van der Waals surface area contributed by atoms with Gasteiger partial charge in [0.2, 0.25) is 0 Å². The Balaban J connectivity index is 1.40. The van der Waals surface area contributed by atoms with E-state index in [1.165, 1.54) is 4.90 Å². The van der Waals surface area contributed by atoms with Crippen LogP contribution in [0.25, 0.3) is 0 Å². The van der Waals surface area contributed by atoms with Gasteiger partial charge in [0.25, 0.3) is 11.8 Å². The van der Waals surface area contributed by atoms with E-state index >= 15 is 0 Å². The van der Waals surface area contributed by atoms with Gasteiger partial charge in [-0.1, -0.05) is 72.8 Å². The molecule has 0 unspecified atom stereocenters. The van der Waals surface area contributed by atoms with E-state index < -0.39 is 48.9 Å². The quantitative estimate of drug-likeness (QED) is 0.456.